The minimum absolute atomic E-state index is 0.0247. The largest absolute Gasteiger partial charge is 0.465 e. The molecule has 0 aliphatic carbocycles. The van der Waals surface area contributed by atoms with Crippen molar-refractivity contribution in [2.24, 2.45) is 0 Å². The van der Waals surface area contributed by atoms with E-state index in [1.807, 2.05) is 6.08 Å². The van der Waals surface area contributed by atoms with Crippen molar-refractivity contribution in [3.05, 3.63) is 45.5 Å². The second-order valence-corrected chi connectivity index (χ2v) is 3.81. The van der Waals surface area contributed by atoms with Crippen molar-refractivity contribution in [3.8, 4) is 0 Å². The van der Waals surface area contributed by atoms with Crippen molar-refractivity contribution in [1.82, 2.24) is 5.32 Å². The highest BCUT2D eigenvalue weighted by Crippen LogP contribution is 2.28. The highest BCUT2D eigenvalue weighted by molar-refractivity contribution is 5.91. The van der Waals surface area contributed by atoms with Crippen LogP contribution in [0.2, 0.25) is 0 Å². The molecule has 0 fully saturated rings. The van der Waals surface area contributed by atoms with E-state index in [-0.39, 0.29) is 5.69 Å². The van der Waals surface area contributed by atoms with Crippen molar-refractivity contribution >= 4 is 17.4 Å². The second-order valence-electron chi connectivity index (χ2n) is 3.81. The van der Waals surface area contributed by atoms with Gasteiger partial charge in [0, 0.05) is 18.3 Å². The van der Waals surface area contributed by atoms with Gasteiger partial charge in [0.15, 0.2) is 0 Å². The summed E-state index contributed by atoms with van der Waals surface area (Å²) < 4.78 is 4.61. The number of hydrogen-bond donors (Lipinski definition) is 1. The molecule has 1 aliphatic heterocycles. The van der Waals surface area contributed by atoms with Gasteiger partial charge in [0.1, 0.15) is 0 Å². The number of benzene rings is 1. The summed E-state index contributed by atoms with van der Waals surface area (Å²) in [6, 6.07) is 4.19. The van der Waals surface area contributed by atoms with Crippen molar-refractivity contribution < 1.29 is 14.5 Å². The zero-order valence-electron chi connectivity index (χ0n) is 9.80. The molecule has 0 bridgehead atoms. The number of nitro groups is 1. The van der Waals surface area contributed by atoms with Gasteiger partial charge in [0.25, 0.3) is 5.69 Å². The van der Waals surface area contributed by atoms with Crippen molar-refractivity contribution in [2.75, 3.05) is 13.7 Å². The second kappa shape index (κ2) is 4.87. The lowest BCUT2D eigenvalue weighted by atomic mass is 10.1. The Labute approximate surface area is 103 Å². The SMILES string of the molecule is COC(=O)c1ccc([N+](=O)[O-])c(C2=CCCN2)c1. The van der Waals surface area contributed by atoms with Gasteiger partial charge in [0.2, 0.25) is 0 Å². The molecule has 1 aromatic carbocycles. The lowest BCUT2D eigenvalue weighted by Crippen LogP contribution is -2.10. The van der Waals surface area contributed by atoms with Crippen LogP contribution in [0.3, 0.4) is 0 Å². The van der Waals surface area contributed by atoms with Gasteiger partial charge in [-0.05, 0) is 18.6 Å². The number of carbonyl (C=O) groups is 1. The molecular formula is C12H12N2O4. The minimum Gasteiger partial charge on any atom is -0.465 e. The summed E-state index contributed by atoms with van der Waals surface area (Å²) >= 11 is 0. The summed E-state index contributed by atoms with van der Waals surface area (Å²) in [6.45, 7) is 0.745. The Morgan fingerprint density at radius 1 is 1.50 bits per heavy atom. The summed E-state index contributed by atoms with van der Waals surface area (Å²) in [5.74, 6) is -0.509. The van der Waals surface area contributed by atoms with E-state index in [1.54, 1.807) is 0 Å². The molecule has 0 radical (unpaired) electrons. The molecule has 0 spiro atoms. The first-order valence-electron chi connectivity index (χ1n) is 5.44. The third-order valence-electron chi connectivity index (χ3n) is 2.71. The molecule has 0 saturated heterocycles. The molecule has 1 N–H and O–H groups in total. The number of esters is 1. The van der Waals surface area contributed by atoms with E-state index in [2.05, 4.69) is 10.1 Å². The zero-order chi connectivity index (χ0) is 13.1. The monoisotopic (exact) mass is 248 g/mol. The van der Waals surface area contributed by atoms with E-state index in [0.29, 0.717) is 16.8 Å². The molecule has 1 heterocycles. The van der Waals surface area contributed by atoms with Crippen LogP contribution >= 0.6 is 0 Å². The third kappa shape index (κ3) is 2.17. The fourth-order valence-corrected chi connectivity index (χ4v) is 1.86. The Kier molecular flexibility index (Phi) is 3.27. The van der Waals surface area contributed by atoms with Crippen molar-refractivity contribution in [1.29, 1.82) is 0 Å². The predicted octanol–water partition coefficient (Wildman–Crippen LogP) is 1.72. The maximum Gasteiger partial charge on any atom is 0.337 e. The number of nitrogens with zero attached hydrogens (tertiary/aromatic N) is 1. The molecule has 18 heavy (non-hydrogen) atoms. The van der Waals surface area contributed by atoms with Gasteiger partial charge in [-0.2, -0.15) is 0 Å². The summed E-state index contributed by atoms with van der Waals surface area (Å²) in [7, 11) is 1.27. The topological polar surface area (TPSA) is 81.5 Å². The molecule has 1 aliphatic rings. The van der Waals surface area contributed by atoms with Crippen molar-refractivity contribution in [2.45, 2.75) is 6.42 Å². The maximum atomic E-state index is 11.4. The zero-order valence-corrected chi connectivity index (χ0v) is 9.80. The Morgan fingerprint density at radius 2 is 2.28 bits per heavy atom. The normalized spacial score (nSPS) is 13.7. The smallest absolute Gasteiger partial charge is 0.337 e. The number of nitro benzene ring substituents is 1. The first kappa shape index (κ1) is 12.1. The lowest BCUT2D eigenvalue weighted by Gasteiger charge is -2.07. The standard InChI is InChI=1S/C12H12N2O4/c1-18-12(15)8-4-5-11(14(16)17)9(7-8)10-3-2-6-13-10/h3-5,7,13H,2,6H2,1H3. The van der Waals surface area contributed by atoms with Gasteiger partial charge in [-0.15, -0.1) is 0 Å². The van der Waals surface area contributed by atoms with Crippen LogP contribution in [0.5, 0.6) is 0 Å². The van der Waals surface area contributed by atoms with E-state index in [0.717, 1.165) is 13.0 Å². The lowest BCUT2D eigenvalue weighted by molar-refractivity contribution is -0.385. The summed E-state index contributed by atoms with van der Waals surface area (Å²) in [6.07, 6.45) is 2.69. The Hall–Kier alpha value is -2.37. The fraction of sp³-hybridized carbons (Fsp3) is 0.250. The van der Waals surface area contributed by atoms with Gasteiger partial charge in [-0.25, -0.2) is 4.79 Å². The number of methoxy groups -OCH3 is 1. The Balaban J connectivity index is 2.51. The van der Waals surface area contributed by atoms with Crippen LogP contribution in [0.4, 0.5) is 5.69 Å². The van der Waals surface area contributed by atoms with Gasteiger partial charge < -0.3 is 10.1 Å². The highest BCUT2D eigenvalue weighted by Gasteiger charge is 2.21. The first-order chi connectivity index (χ1) is 8.63. The molecule has 0 aromatic heterocycles. The molecule has 2 rings (SSSR count). The molecule has 0 atom stereocenters. The van der Waals surface area contributed by atoms with E-state index in [1.165, 1.54) is 25.3 Å². The number of nitrogens with one attached hydrogen (secondary N) is 1. The Bertz CT molecular complexity index is 537. The number of ether oxygens (including phenoxy) is 1. The molecule has 1 aromatic rings. The van der Waals surface area contributed by atoms with Crippen LogP contribution in [0.25, 0.3) is 5.70 Å². The third-order valence-corrected chi connectivity index (χ3v) is 2.71. The van der Waals surface area contributed by atoms with Crippen molar-refractivity contribution in [3.63, 3.8) is 0 Å². The fourth-order valence-electron chi connectivity index (χ4n) is 1.86. The average Bonchev–Trinajstić information content (AvgIpc) is 2.90. The van der Waals surface area contributed by atoms with Gasteiger partial charge in [0.05, 0.1) is 23.2 Å². The van der Waals surface area contributed by atoms with Crippen LogP contribution in [-0.2, 0) is 4.74 Å². The molecule has 0 amide bonds. The molecular weight excluding hydrogens is 236 g/mol. The Morgan fingerprint density at radius 3 is 2.83 bits per heavy atom. The van der Waals surface area contributed by atoms with Crippen LogP contribution < -0.4 is 5.32 Å². The van der Waals surface area contributed by atoms with E-state index in [4.69, 9.17) is 0 Å². The van der Waals surface area contributed by atoms with Crippen LogP contribution in [0, 0.1) is 10.1 Å². The van der Waals surface area contributed by atoms with Gasteiger partial charge in [-0.1, -0.05) is 6.08 Å². The summed E-state index contributed by atoms with van der Waals surface area (Å²) in [4.78, 5) is 21.9. The number of hydrogen-bond acceptors (Lipinski definition) is 5. The summed E-state index contributed by atoms with van der Waals surface area (Å²) in [5.41, 5.74) is 1.38. The molecule has 6 heteroatoms. The molecule has 0 unspecified atom stereocenters. The summed E-state index contributed by atoms with van der Waals surface area (Å²) in [5, 5.41) is 14.0. The van der Waals surface area contributed by atoms with E-state index in [9.17, 15) is 14.9 Å². The predicted molar refractivity (Wildman–Crippen MR) is 65.0 cm³/mol. The average molecular weight is 248 g/mol. The van der Waals surface area contributed by atoms with Gasteiger partial charge in [-0.3, -0.25) is 10.1 Å². The van der Waals surface area contributed by atoms with E-state index >= 15 is 0 Å². The quantitative estimate of drug-likeness (QED) is 0.500. The number of carbonyl (C=O) groups excluding carboxylic acids is 1. The maximum absolute atomic E-state index is 11.4. The molecule has 94 valence electrons. The minimum atomic E-state index is -0.509. The van der Waals surface area contributed by atoms with E-state index < -0.39 is 10.9 Å². The first-order valence-corrected chi connectivity index (χ1v) is 5.44. The van der Waals surface area contributed by atoms with Crippen LogP contribution in [0.15, 0.2) is 24.3 Å². The molecule has 0 saturated carbocycles. The van der Waals surface area contributed by atoms with Gasteiger partial charge >= 0.3 is 5.97 Å². The highest BCUT2D eigenvalue weighted by atomic mass is 16.6. The van der Waals surface area contributed by atoms with Crippen LogP contribution in [0.1, 0.15) is 22.3 Å². The van der Waals surface area contributed by atoms with Crippen LogP contribution in [-0.4, -0.2) is 24.5 Å². The number of rotatable bonds is 3. The molecule has 6 nitrogen and oxygen atoms in total.